The van der Waals surface area contributed by atoms with Crippen LogP contribution in [0, 0.1) is 0 Å². The molecule has 2 N–H and O–H groups in total. The molecule has 1 amide bonds. The summed E-state index contributed by atoms with van der Waals surface area (Å²) >= 11 is 0. The number of fused-ring (bicyclic) bond motifs is 1. The van der Waals surface area contributed by atoms with E-state index >= 15 is 0 Å². The third-order valence-electron chi connectivity index (χ3n) is 4.49. The van der Waals surface area contributed by atoms with Crippen LogP contribution in [0.3, 0.4) is 0 Å². The number of nitrogens with one attached hydrogen (secondary N) is 2. The minimum atomic E-state index is -0.118. The molecule has 0 saturated carbocycles. The molecule has 0 atom stereocenters. The molecule has 0 aliphatic rings. The second-order valence-electron chi connectivity index (χ2n) is 6.89. The van der Waals surface area contributed by atoms with E-state index in [4.69, 9.17) is 0 Å². The predicted molar refractivity (Wildman–Crippen MR) is 107 cm³/mol. The van der Waals surface area contributed by atoms with Gasteiger partial charge in [0.05, 0.1) is 5.52 Å². The van der Waals surface area contributed by atoms with Crippen molar-refractivity contribution in [3.05, 3.63) is 76.1 Å². The van der Waals surface area contributed by atoms with Gasteiger partial charge in [0.1, 0.15) is 0 Å². The van der Waals surface area contributed by atoms with Gasteiger partial charge in [0.2, 0.25) is 11.5 Å². The fourth-order valence-corrected chi connectivity index (χ4v) is 3.16. The van der Waals surface area contributed by atoms with E-state index in [2.05, 4.69) is 36.3 Å². The molecule has 0 saturated heterocycles. The highest BCUT2D eigenvalue weighted by Gasteiger charge is 2.09. The summed E-state index contributed by atoms with van der Waals surface area (Å²) in [5.41, 5.74) is 3.60. The highest BCUT2D eigenvalue weighted by atomic mass is 16.1. The van der Waals surface area contributed by atoms with Crippen molar-refractivity contribution in [2.45, 2.75) is 39.0 Å². The van der Waals surface area contributed by atoms with Gasteiger partial charge in [-0.3, -0.25) is 9.59 Å². The molecule has 0 aliphatic heterocycles. The molecule has 134 valence electrons. The van der Waals surface area contributed by atoms with Crippen LogP contribution in [0.15, 0.2) is 59.4 Å². The minimum absolute atomic E-state index is 0.0114. The van der Waals surface area contributed by atoms with Gasteiger partial charge in [0, 0.05) is 23.6 Å². The zero-order chi connectivity index (χ0) is 18.5. The van der Waals surface area contributed by atoms with Crippen LogP contribution in [-0.4, -0.2) is 10.9 Å². The number of carbonyl (C=O) groups excluding carboxylic acids is 1. The standard InChI is InChI=1S/C22H24N2O2/c1-15(2)19-14-22(26)24-20-13-17(11-12-18(19)20)23-21(25)10-6-9-16-7-4-3-5-8-16/h3-5,7-8,11-15H,6,9-10H2,1-2H3,(H,23,25)(H,24,26). The van der Waals surface area contributed by atoms with Crippen molar-refractivity contribution in [2.24, 2.45) is 0 Å². The number of aromatic amines is 1. The van der Waals surface area contributed by atoms with Gasteiger partial charge in [-0.15, -0.1) is 0 Å². The molecule has 0 fully saturated rings. The zero-order valence-electron chi connectivity index (χ0n) is 15.2. The first kappa shape index (κ1) is 17.9. The molecule has 0 radical (unpaired) electrons. The van der Waals surface area contributed by atoms with E-state index in [0.29, 0.717) is 12.1 Å². The number of rotatable bonds is 6. The summed E-state index contributed by atoms with van der Waals surface area (Å²) in [6, 6.07) is 17.5. The third kappa shape index (κ3) is 4.39. The first-order valence-electron chi connectivity index (χ1n) is 9.03. The van der Waals surface area contributed by atoms with E-state index in [1.54, 1.807) is 6.07 Å². The van der Waals surface area contributed by atoms with Gasteiger partial charge in [0.15, 0.2) is 0 Å². The monoisotopic (exact) mass is 348 g/mol. The molecular weight excluding hydrogens is 324 g/mol. The van der Waals surface area contributed by atoms with Crippen LogP contribution >= 0.6 is 0 Å². The molecule has 0 aliphatic carbocycles. The molecule has 0 spiro atoms. The number of amides is 1. The Labute approximate surface area is 153 Å². The van der Waals surface area contributed by atoms with Crippen molar-refractivity contribution in [1.29, 1.82) is 0 Å². The maximum absolute atomic E-state index is 12.2. The number of carbonyl (C=O) groups is 1. The number of aromatic nitrogens is 1. The van der Waals surface area contributed by atoms with Crippen molar-refractivity contribution < 1.29 is 4.79 Å². The minimum Gasteiger partial charge on any atom is -0.326 e. The summed E-state index contributed by atoms with van der Waals surface area (Å²) < 4.78 is 0. The quantitative estimate of drug-likeness (QED) is 0.683. The average molecular weight is 348 g/mol. The fourth-order valence-electron chi connectivity index (χ4n) is 3.16. The molecule has 0 unspecified atom stereocenters. The zero-order valence-corrected chi connectivity index (χ0v) is 15.2. The number of H-pyrrole nitrogens is 1. The molecule has 2 aromatic carbocycles. The maximum Gasteiger partial charge on any atom is 0.248 e. The average Bonchev–Trinajstić information content (AvgIpc) is 2.61. The lowest BCUT2D eigenvalue weighted by atomic mass is 9.99. The van der Waals surface area contributed by atoms with Crippen LogP contribution in [0.5, 0.6) is 0 Å². The van der Waals surface area contributed by atoms with E-state index in [-0.39, 0.29) is 17.4 Å². The van der Waals surface area contributed by atoms with Crippen LogP contribution in [0.1, 0.15) is 43.7 Å². The maximum atomic E-state index is 12.2. The summed E-state index contributed by atoms with van der Waals surface area (Å²) in [5, 5.41) is 3.94. The van der Waals surface area contributed by atoms with Gasteiger partial charge in [-0.2, -0.15) is 0 Å². The summed E-state index contributed by atoms with van der Waals surface area (Å²) in [4.78, 5) is 26.9. The molecule has 4 nitrogen and oxygen atoms in total. The highest BCUT2D eigenvalue weighted by Crippen LogP contribution is 2.25. The molecule has 3 rings (SSSR count). The molecule has 1 aromatic heterocycles. The first-order chi connectivity index (χ1) is 12.5. The number of anilines is 1. The Balaban J connectivity index is 1.67. The summed E-state index contributed by atoms with van der Waals surface area (Å²) in [6.07, 6.45) is 2.16. The van der Waals surface area contributed by atoms with Gasteiger partial charge in [0.25, 0.3) is 0 Å². The second kappa shape index (κ2) is 8.00. The van der Waals surface area contributed by atoms with E-state index in [1.807, 2.05) is 36.4 Å². The third-order valence-corrected chi connectivity index (χ3v) is 4.49. The van der Waals surface area contributed by atoms with E-state index in [9.17, 15) is 9.59 Å². The van der Waals surface area contributed by atoms with Crippen LogP contribution in [0.4, 0.5) is 5.69 Å². The number of pyridine rings is 1. The smallest absolute Gasteiger partial charge is 0.248 e. The largest absolute Gasteiger partial charge is 0.326 e. The van der Waals surface area contributed by atoms with E-state index in [1.165, 1.54) is 5.56 Å². The highest BCUT2D eigenvalue weighted by molar-refractivity contribution is 5.94. The molecule has 0 bridgehead atoms. The van der Waals surface area contributed by atoms with Crippen LogP contribution in [-0.2, 0) is 11.2 Å². The lowest BCUT2D eigenvalue weighted by Crippen LogP contribution is -2.12. The van der Waals surface area contributed by atoms with Gasteiger partial charge in [-0.1, -0.05) is 50.2 Å². The van der Waals surface area contributed by atoms with Gasteiger partial charge in [-0.25, -0.2) is 0 Å². The Bertz CT molecular complexity index is 959. The Kier molecular flexibility index (Phi) is 5.52. The van der Waals surface area contributed by atoms with Crippen LogP contribution in [0.2, 0.25) is 0 Å². The van der Waals surface area contributed by atoms with Gasteiger partial charge >= 0.3 is 0 Å². The van der Waals surface area contributed by atoms with E-state index in [0.717, 1.165) is 29.3 Å². The van der Waals surface area contributed by atoms with Crippen LogP contribution < -0.4 is 10.9 Å². The van der Waals surface area contributed by atoms with Gasteiger partial charge < -0.3 is 10.3 Å². The lowest BCUT2D eigenvalue weighted by Gasteiger charge is -2.11. The second-order valence-corrected chi connectivity index (χ2v) is 6.89. The van der Waals surface area contributed by atoms with Crippen molar-refractivity contribution in [3.8, 4) is 0 Å². The van der Waals surface area contributed by atoms with Crippen LogP contribution in [0.25, 0.3) is 10.9 Å². The van der Waals surface area contributed by atoms with Crippen molar-refractivity contribution in [1.82, 2.24) is 4.98 Å². The Morgan fingerprint density at radius 1 is 1.08 bits per heavy atom. The lowest BCUT2D eigenvalue weighted by molar-refractivity contribution is -0.116. The topological polar surface area (TPSA) is 62.0 Å². The van der Waals surface area contributed by atoms with Crippen molar-refractivity contribution >= 4 is 22.5 Å². The Morgan fingerprint density at radius 3 is 2.58 bits per heavy atom. The molecule has 4 heteroatoms. The number of hydrogen-bond donors (Lipinski definition) is 2. The Hall–Kier alpha value is -2.88. The van der Waals surface area contributed by atoms with E-state index < -0.39 is 0 Å². The first-order valence-corrected chi connectivity index (χ1v) is 9.03. The molecule has 1 heterocycles. The predicted octanol–water partition coefficient (Wildman–Crippen LogP) is 4.61. The normalized spacial score (nSPS) is 11.0. The molecule has 3 aromatic rings. The summed E-state index contributed by atoms with van der Waals surface area (Å²) in [6.45, 7) is 4.13. The Morgan fingerprint density at radius 2 is 1.85 bits per heavy atom. The van der Waals surface area contributed by atoms with Gasteiger partial charge in [-0.05, 0) is 42.0 Å². The SMILES string of the molecule is CC(C)c1cc(=O)[nH]c2cc(NC(=O)CCCc3ccccc3)ccc12. The number of benzene rings is 2. The molecule has 26 heavy (non-hydrogen) atoms. The summed E-state index contributed by atoms with van der Waals surface area (Å²) in [5.74, 6) is 0.251. The molecular formula is C22H24N2O2. The number of aryl methyl sites for hydroxylation is 1. The number of hydrogen-bond acceptors (Lipinski definition) is 2. The van der Waals surface area contributed by atoms with Crippen molar-refractivity contribution in [3.63, 3.8) is 0 Å². The fraction of sp³-hybridized carbons (Fsp3) is 0.273. The van der Waals surface area contributed by atoms with Crippen molar-refractivity contribution in [2.75, 3.05) is 5.32 Å². The summed E-state index contributed by atoms with van der Waals surface area (Å²) in [7, 11) is 0.